The molecule has 1 saturated carbocycles. The van der Waals surface area contributed by atoms with Crippen molar-refractivity contribution in [3.8, 4) is 0 Å². The van der Waals surface area contributed by atoms with E-state index in [0.29, 0.717) is 6.42 Å². The molecule has 2 aromatic heterocycles. The molecule has 180 valence electrons. The zero-order valence-corrected chi connectivity index (χ0v) is 19.3. The average molecular weight is 463 g/mol. The summed E-state index contributed by atoms with van der Waals surface area (Å²) in [6, 6.07) is -0.904. The number of aliphatic hydroxyl groups excluding tert-OH is 1. The molecule has 1 aliphatic rings. The maximum absolute atomic E-state index is 12.7. The Labute approximate surface area is 190 Å². The molecule has 0 aromatic carbocycles. The second-order valence-electron chi connectivity index (χ2n) is 9.52. The van der Waals surface area contributed by atoms with Crippen LogP contribution < -0.4 is 16.6 Å². The number of nitrogens with two attached hydrogens (primary N) is 1. The van der Waals surface area contributed by atoms with Crippen molar-refractivity contribution in [1.29, 1.82) is 0 Å². The molecule has 12 heteroatoms. The van der Waals surface area contributed by atoms with E-state index in [1.165, 1.54) is 10.9 Å². The van der Waals surface area contributed by atoms with Gasteiger partial charge in [0.25, 0.3) is 5.56 Å². The Morgan fingerprint density at radius 3 is 2.73 bits per heavy atom. The number of H-pyrrole nitrogens is 1. The molecule has 0 spiro atoms. The number of rotatable bonds is 7. The molecule has 1 amide bonds. The minimum Gasteiger partial charge on any atom is -0.463 e. The minimum atomic E-state index is -0.904. The number of amides is 1. The predicted molar refractivity (Wildman–Crippen MR) is 120 cm³/mol. The number of nitrogens with zero attached hydrogens (tertiary/aromatic N) is 3. The molecular weight excluding hydrogens is 432 g/mol. The first-order valence-electron chi connectivity index (χ1n) is 10.6. The number of nitrogens with one attached hydrogen (secondary N) is 2. The molecular formula is C21H30N6O6. The highest BCUT2D eigenvalue weighted by Gasteiger charge is 2.50. The van der Waals surface area contributed by atoms with Crippen molar-refractivity contribution in [1.82, 2.24) is 24.8 Å². The summed E-state index contributed by atoms with van der Waals surface area (Å²) >= 11 is 0. The van der Waals surface area contributed by atoms with Gasteiger partial charge in [0.2, 0.25) is 5.95 Å². The topological polar surface area (TPSA) is 174 Å². The third kappa shape index (κ3) is 5.51. The zero-order valence-electron chi connectivity index (χ0n) is 19.3. The Balaban J connectivity index is 1.69. The van der Waals surface area contributed by atoms with Crippen LogP contribution >= 0.6 is 0 Å². The highest BCUT2D eigenvalue weighted by atomic mass is 16.6. The summed E-state index contributed by atoms with van der Waals surface area (Å²) in [5, 5.41) is 12.5. The second kappa shape index (κ2) is 8.85. The Kier molecular flexibility index (Phi) is 6.50. The maximum atomic E-state index is 12.7. The molecule has 0 bridgehead atoms. The maximum Gasteiger partial charge on any atom is 0.408 e. The molecule has 0 radical (unpaired) electrons. The molecule has 0 unspecified atom stereocenters. The number of aromatic amines is 1. The summed E-state index contributed by atoms with van der Waals surface area (Å²) in [6.45, 7) is 8.41. The Hall–Kier alpha value is -3.41. The van der Waals surface area contributed by atoms with Crippen molar-refractivity contribution in [2.45, 2.75) is 52.7 Å². The van der Waals surface area contributed by atoms with E-state index in [-0.39, 0.29) is 36.2 Å². The van der Waals surface area contributed by atoms with Crippen LogP contribution in [0.2, 0.25) is 0 Å². The van der Waals surface area contributed by atoms with E-state index in [9.17, 15) is 19.5 Å². The molecule has 1 aliphatic carbocycles. The fourth-order valence-electron chi connectivity index (χ4n) is 3.29. The van der Waals surface area contributed by atoms with Gasteiger partial charge in [0, 0.05) is 6.20 Å². The van der Waals surface area contributed by atoms with Gasteiger partial charge in [0.1, 0.15) is 24.6 Å². The van der Waals surface area contributed by atoms with Gasteiger partial charge in [0.05, 0.1) is 12.0 Å². The molecule has 0 saturated heterocycles. The number of anilines is 1. The molecule has 5 N–H and O–H groups in total. The quantitative estimate of drug-likeness (QED) is 0.438. The lowest BCUT2D eigenvalue weighted by Crippen LogP contribution is -2.47. The van der Waals surface area contributed by atoms with Gasteiger partial charge in [-0.1, -0.05) is 13.8 Å². The number of aliphatic hydroxyl groups is 1. The first kappa shape index (κ1) is 24.2. The van der Waals surface area contributed by atoms with Gasteiger partial charge in [-0.25, -0.2) is 14.6 Å². The number of fused-ring (bicyclic) bond motifs is 1. The molecule has 1 fully saturated rings. The lowest BCUT2D eigenvalue weighted by molar-refractivity contribution is -0.149. The van der Waals surface area contributed by atoms with E-state index in [4.69, 9.17) is 15.2 Å². The Morgan fingerprint density at radius 2 is 2.12 bits per heavy atom. The monoisotopic (exact) mass is 462 g/mol. The normalized spacial score (nSPS) is 20.2. The fraction of sp³-hybridized carbons (Fsp3) is 0.571. The van der Waals surface area contributed by atoms with E-state index >= 15 is 0 Å². The molecule has 3 rings (SSSR count). The molecule has 0 aliphatic heterocycles. The molecule has 33 heavy (non-hydrogen) atoms. The van der Waals surface area contributed by atoms with Gasteiger partial charge in [-0.15, -0.1) is 0 Å². The van der Waals surface area contributed by atoms with Gasteiger partial charge >= 0.3 is 12.1 Å². The van der Waals surface area contributed by atoms with E-state index in [0.717, 1.165) is 5.57 Å². The van der Waals surface area contributed by atoms with Crippen molar-refractivity contribution in [3.63, 3.8) is 0 Å². The minimum absolute atomic E-state index is 0.0389. The summed E-state index contributed by atoms with van der Waals surface area (Å²) in [7, 11) is 0. The molecule has 2 heterocycles. The third-order valence-corrected chi connectivity index (χ3v) is 5.22. The highest BCUT2D eigenvalue weighted by molar-refractivity contribution is 5.82. The zero-order chi connectivity index (χ0) is 24.6. The van der Waals surface area contributed by atoms with E-state index in [2.05, 4.69) is 20.3 Å². The van der Waals surface area contributed by atoms with Crippen molar-refractivity contribution in [3.05, 3.63) is 22.3 Å². The predicted octanol–water partition coefficient (Wildman–Crippen LogP) is 1.02. The number of aromatic nitrogens is 4. The number of nitrogen functional groups attached to an aromatic ring is 1. The first-order valence-corrected chi connectivity index (χ1v) is 10.6. The van der Waals surface area contributed by atoms with E-state index in [1.807, 2.05) is 0 Å². The van der Waals surface area contributed by atoms with Gasteiger partial charge in [-0.05, 0) is 38.7 Å². The largest absolute Gasteiger partial charge is 0.463 e. The van der Waals surface area contributed by atoms with Crippen molar-refractivity contribution in [2.24, 2.45) is 11.3 Å². The van der Waals surface area contributed by atoms with E-state index in [1.54, 1.807) is 40.8 Å². The number of alkyl carbamates (subject to hydrolysis) is 1. The van der Waals surface area contributed by atoms with Crippen molar-refractivity contribution >= 4 is 35.4 Å². The molecule has 2 aromatic rings. The summed E-state index contributed by atoms with van der Waals surface area (Å²) in [4.78, 5) is 47.2. The Morgan fingerprint density at radius 1 is 1.42 bits per heavy atom. The number of carbonyl (C=O) groups is 2. The summed E-state index contributed by atoms with van der Waals surface area (Å²) < 4.78 is 12.2. The summed E-state index contributed by atoms with van der Waals surface area (Å²) in [6.07, 6.45) is 2.87. The third-order valence-electron chi connectivity index (χ3n) is 5.22. The second-order valence-corrected chi connectivity index (χ2v) is 9.52. The SMILES string of the molecule is CC(C)[C@H](NC(=O)OC(C)(C)C)C(=O)OC[C@@]1(CO)C/C1=C/n1cnc2c(=O)[nH]c(N)nc21. The van der Waals surface area contributed by atoms with Crippen LogP contribution in [-0.2, 0) is 14.3 Å². The lowest BCUT2D eigenvalue weighted by atomic mass is 10.0. The molecule has 12 nitrogen and oxygen atoms in total. The number of ether oxygens (including phenoxy) is 2. The van der Waals surface area contributed by atoms with Gasteiger partial charge < -0.3 is 25.6 Å². The van der Waals surface area contributed by atoms with Gasteiger partial charge in [-0.3, -0.25) is 14.3 Å². The van der Waals surface area contributed by atoms with Crippen LogP contribution in [0.5, 0.6) is 0 Å². The van der Waals surface area contributed by atoms with Crippen LogP contribution in [-0.4, -0.2) is 61.5 Å². The standard InChI is InChI=1S/C21H30N6O6/c1-11(2)13(24-19(31)33-20(3,4)5)17(30)32-9-21(8-28)6-12(21)7-27-10-23-14-15(27)25-18(22)26-16(14)29/h7,10-11,13,28H,6,8-9H2,1-5H3,(H,24,31)(H3,22,25,26,29)/b12-7-/t13-,21-/m0/s1. The number of carbonyl (C=O) groups excluding carboxylic acids is 2. The van der Waals surface area contributed by atoms with E-state index < -0.39 is 34.7 Å². The number of esters is 1. The van der Waals surface area contributed by atoms with Crippen LogP contribution in [0, 0.1) is 11.3 Å². The van der Waals surface area contributed by atoms with Crippen molar-refractivity contribution in [2.75, 3.05) is 18.9 Å². The number of hydrogen-bond acceptors (Lipinski definition) is 9. The van der Waals surface area contributed by atoms with Crippen LogP contribution in [0.25, 0.3) is 17.4 Å². The Bertz CT molecular complexity index is 1140. The van der Waals surface area contributed by atoms with Crippen LogP contribution in [0.4, 0.5) is 10.7 Å². The smallest absolute Gasteiger partial charge is 0.408 e. The summed E-state index contributed by atoms with van der Waals surface area (Å²) in [5.41, 5.74) is 4.91. The van der Waals surface area contributed by atoms with Crippen LogP contribution in [0.1, 0.15) is 41.0 Å². The average Bonchev–Trinajstić information content (AvgIpc) is 3.24. The number of hydrogen-bond donors (Lipinski definition) is 4. The highest BCUT2D eigenvalue weighted by Crippen LogP contribution is 2.52. The fourth-order valence-corrected chi connectivity index (χ4v) is 3.29. The van der Waals surface area contributed by atoms with Crippen LogP contribution in [0.15, 0.2) is 16.7 Å². The van der Waals surface area contributed by atoms with Gasteiger partial charge in [0.15, 0.2) is 11.2 Å². The van der Waals surface area contributed by atoms with Gasteiger partial charge in [-0.2, -0.15) is 4.98 Å². The van der Waals surface area contributed by atoms with Crippen molar-refractivity contribution < 1.29 is 24.2 Å². The molecule has 2 atom stereocenters. The summed E-state index contributed by atoms with van der Waals surface area (Å²) in [5.74, 6) is -0.900. The number of imidazole rings is 1. The first-order chi connectivity index (χ1) is 15.3. The van der Waals surface area contributed by atoms with Crippen LogP contribution in [0.3, 0.4) is 0 Å². The lowest BCUT2D eigenvalue weighted by Gasteiger charge is -2.25.